The van der Waals surface area contributed by atoms with E-state index in [0.717, 1.165) is 4.47 Å². The first-order valence-corrected chi connectivity index (χ1v) is 6.06. The molecule has 0 spiro atoms. The van der Waals surface area contributed by atoms with E-state index in [4.69, 9.17) is 15.2 Å². The van der Waals surface area contributed by atoms with Gasteiger partial charge in [0.25, 0.3) is 0 Å². The number of esters is 1. The van der Waals surface area contributed by atoms with E-state index in [-0.39, 0.29) is 12.4 Å². The number of carbonyl (C=O) groups excluding carboxylic acids is 1. The highest BCUT2D eigenvalue weighted by atomic mass is 79.9. The minimum Gasteiger partial charge on any atom is -0.496 e. The molecule has 0 heterocycles. The van der Waals surface area contributed by atoms with Crippen LogP contribution < -0.4 is 15.2 Å². The average molecular weight is 318 g/mol. The summed E-state index contributed by atoms with van der Waals surface area (Å²) in [4.78, 5) is 11.2. The summed E-state index contributed by atoms with van der Waals surface area (Å²) < 4.78 is 15.8. The third-order valence-corrected chi connectivity index (χ3v) is 3.14. The number of hydrogen-bond donors (Lipinski definition) is 1. The van der Waals surface area contributed by atoms with Crippen LogP contribution in [0.4, 0.5) is 0 Å². The minimum absolute atomic E-state index is 0.0810. The van der Waals surface area contributed by atoms with Crippen molar-refractivity contribution in [1.82, 2.24) is 0 Å². The van der Waals surface area contributed by atoms with Gasteiger partial charge in [0.05, 0.1) is 32.2 Å². The van der Waals surface area contributed by atoms with Crippen LogP contribution in [0.3, 0.4) is 0 Å². The molecule has 0 unspecified atom stereocenters. The third kappa shape index (κ3) is 3.36. The molecule has 1 aromatic carbocycles. The lowest BCUT2D eigenvalue weighted by Crippen LogP contribution is -2.17. The fourth-order valence-corrected chi connectivity index (χ4v) is 2.03. The largest absolute Gasteiger partial charge is 0.496 e. The van der Waals surface area contributed by atoms with Crippen LogP contribution in [0.25, 0.3) is 0 Å². The van der Waals surface area contributed by atoms with Crippen molar-refractivity contribution < 1.29 is 19.0 Å². The van der Waals surface area contributed by atoms with Crippen molar-refractivity contribution in [2.45, 2.75) is 12.5 Å². The Bertz CT molecular complexity index is 436. The van der Waals surface area contributed by atoms with E-state index in [1.165, 1.54) is 7.11 Å². The molecule has 18 heavy (non-hydrogen) atoms. The van der Waals surface area contributed by atoms with Gasteiger partial charge in [-0.25, -0.2) is 0 Å². The molecule has 0 aliphatic rings. The lowest BCUT2D eigenvalue weighted by atomic mass is 10.0. The Kier molecular flexibility index (Phi) is 5.43. The fraction of sp³-hybridized carbons (Fsp3) is 0.417. The van der Waals surface area contributed by atoms with Gasteiger partial charge in [0.2, 0.25) is 0 Å². The Balaban J connectivity index is 3.08. The number of benzene rings is 1. The molecule has 1 aromatic rings. The van der Waals surface area contributed by atoms with Crippen LogP contribution in [0.15, 0.2) is 16.6 Å². The Morgan fingerprint density at radius 3 is 2.39 bits per heavy atom. The lowest BCUT2D eigenvalue weighted by Gasteiger charge is -2.17. The maximum atomic E-state index is 11.2. The van der Waals surface area contributed by atoms with Gasteiger partial charge in [0.1, 0.15) is 11.5 Å². The first-order chi connectivity index (χ1) is 8.53. The van der Waals surface area contributed by atoms with Gasteiger partial charge in [-0.05, 0) is 28.1 Å². The van der Waals surface area contributed by atoms with Gasteiger partial charge < -0.3 is 19.9 Å². The molecule has 0 radical (unpaired) electrons. The summed E-state index contributed by atoms with van der Waals surface area (Å²) in [6.07, 6.45) is 0.0810. The molecule has 1 atom stereocenters. The summed E-state index contributed by atoms with van der Waals surface area (Å²) in [6.45, 7) is 0. The van der Waals surface area contributed by atoms with Gasteiger partial charge >= 0.3 is 5.97 Å². The van der Waals surface area contributed by atoms with E-state index in [9.17, 15) is 4.79 Å². The zero-order valence-electron chi connectivity index (χ0n) is 10.5. The number of halogens is 1. The molecule has 0 aliphatic carbocycles. The second kappa shape index (κ2) is 6.61. The SMILES string of the molecule is COC(=O)C[C@@H](N)c1cc(OC)c(Br)cc1OC. The highest BCUT2D eigenvalue weighted by Crippen LogP contribution is 2.36. The Morgan fingerprint density at radius 2 is 1.89 bits per heavy atom. The molecule has 0 fully saturated rings. The molecular formula is C12H16BrNO4. The first kappa shape index (κ1) is 14.8. The molecule has 1 rings (SSSR count). The molecule has 0 aliphatic heterocycles. The van der Waals surface area contributed by atoms with Crippen LogP contribution in [-0.4, -0.2) is 27.3 Å². The van der Waals surface area contributed by atoms with E-state index < -0.39 is 6.04 Å². The summed E-state index contributed by atoms with van der Waals surface area (Å²) in [5, 5.41) is 0. The van der Waals surface area contributed by atoms with Crippen LogP contribution in [0.2, 0.25) is 0 Å². The summed E-state index contributed by atoms with van der Waals surface area (Å²) in [6, 6.07) is 3.00. The molecule has 5 nitrogen and oxygen atoms in total. The van der Waals surface area contributed by atoms with Crippen molar-refractivity contribution in [2.24, 2.45) is 5.73 Å². The topological polar surface area (TPSA) is 70.8 Å². The molecule has 100 valence electrons. The molecular weight excluding hydrogens is 302 g/mol. The summed E-state index contributed by atoms with van der Waals surface area (Å²) in [5.74, 6) is 0.858. The first-order valence-electron chi connectivity index (χ1n) is 5.27. The summed E-state index contributed by atoms with van der Waals surface area (Å²) in [7, 11) is 4.43. The highest BCUT2D eigenvalue weighted by molar-refractivity contribution is 9.10. The average Bonchev–Trinajstić information content (AvgIpc) is 2.37. The van der Waals surface area contributed by atoms with Gasteiger partial charge in [0.15, 0.2) is 0 Å². The second-order valence-corrected chi connectivity index (χ2v) is 4.47. The van der Waals surface area contributed by atoms with Crippen molar-refractivity contribution in [3.8, 4) is 11.5 Å². The van der Waals surface area contributed by atoms with Gasteiger partial charge in [-0.3, -0.25) is 4.79 Å². The summed E-state index contributed by atoms with van der Waals surface area (Å²) in [5.41, 5.74) is 6.67. The minimum atomic E-state index is -0.505. The molecule has 0 saturated carbocycles. The van der Waals surface area contributed by atoms with Crippen molar-refractivity contribution in [3.63, 3.8) is 0 Å². The van der Waals surface area contributed by atoms with E-state index in [2.05, 4.69) is 20.7 Å². The number of carbonyl (C=O) groups is 1. The second-order valence-electron chi connectivity index (χ2n) is 3.62. The van der Waals surface area contributed by atoms with Gasteiger partial charge in [0, 0.05) is 11.6 Å². The maximum Gasteiger partial charge on any atom is 0.307 e. The van der Waals surface area contributed by atoms with Crippen LogP contribution in [0, 0.1) is 0 Å². The predicted octanol–water partition coefficient (Wildman–Crippen LogP) is 2.03. The van der Waals surface area contributed by atoms with Crippen molar-refractivity contribution in [3.05, 3.63) is 22.2 Å². The smallest absolute Gasteiger partial charge is 0.307 e. The number of rotatable bonds is 5. The number of hydrogen-bond acceptors (Lipinski definition) is 5. The van der Waals surface area contributed by atoms with Crippen LogP contribution in [0.5, 0.6) is 11.5 Å². The Hall–Kier alpha value is -1.27. The molecule has 6 heteroatoms. The zero-order valence-corrected chi connectivity index (χ0v) is 12.1. The Morgan fingerprint density at radius 1 is 1.28 bits per heavy atom. The standard InChI is InChI=1S/C12H16BrNO4/c1-16-10-5-8(13)11(17-2)4-7(10)9(14)6-12(15)18-3/h4-5,9H,6,14H2,1-3H3/t9-/m1/s1. The molecule has 0 amide bonds. The number of ether oxygens (including phenoxy) is 3. The van der Waals surface area contributed by atoms with Crippen molar-refractivity contribution in [1.29, 1.82) is 0 Å². The number of methoxy groups -OCH3 is 3. The van der Waals surface area contributed by atoms with Crippen LogP contribution >= 0.6 is 15.9 Å². The predicted molar refractivity (Wildman–Crippen MR) is 70.8 cm³/mol. The quantitative estimate of drug-likeness (QED) is 0.841. The monoisotopic (exact) mass is 317 g/mol. The van der Waals surface area contributed by atoms with Crippen LogP contribution in [-0.2, 0) is 9.53 Å². The van der Waals surface area contributed by atoms with E-state index in [1.54, 1.807) is 26.4 Å². The fourth-order valence-electron chi connectivity index (χ4n) is 1.55. The Labute approximate surface area is 114 Å². The zero-order chi connectivity index (χ0) is 13.7. The molecule has 0 saturated heterocycles. The normalized spacial score (nSPS) is 11.8. The van der Waals surface area contributed by atoms with Gasteiger partial charge in [-0.1, -0.05) is 0 Å². The highest BCUT2D eigenvalue weighted by Gasteiger charge is 2.18. The van der Waals surface area contributed by atoms with Gasteiger partial charge in [-0.15, -0.1) is 0 Å². The summed E-state index contributed by atoms with van der Waals surface area (Å²) >= 11 is 3.36. The lowest BCUT2D eigenvalue weighted by molar-refractivity contribution is -0.141. The van der Waals surface area contributed by atoms with E-state index in [1.807, 2.05) is 0 Å². The van der Waals surface area contributed by atoms with E-state index >= 15 is 0 Å². The number of nitrogens with two attached hydrogens (primary N) is 1. The van der Waals surface area contributed by atoms with Crippen molar-refractivity contribution >= 4 is 21.9 Å². The molecule has 0 bridgehead atoms. The molecule has 0 aromatic heterocycles. The van der Waals surface area contributed by atoms with Crippen LogP contribution in [0.1, 0.15) is 18.0 Å². The van der Waals surface area contributed by atoms with Gasteiger partial charge in [-0.2, -0.15) is 0 Å². The van der Waals surface area contributed by atoms with E-state index in [0.29, 0.717) is 17.1 Å². The van der Waals surface area contributed by atoms with Crippen molar-refractivity contribution in [2.75, 3.05) is 21.3 Å². The molecule has 2 N–H and O–H groups in total. The third-order valence-electron chi connectivity index (χ3n) is 2.52. The maximum absolute atomic E-state index is 11.2.